The molecule has 1 aliphatic heterocycles. The lowest BCUT2D eigenvalue weighted by molar-refractivity contribution is -0.161. The fraction of sp³-hybridized carbons (Fsp3) is 0.476. The van der Waals surface area contributed by atoms with Crippen LogP contribution in [0.3, 0.4) is 0 Å². The third-order valence-electron chi connectivity index (χ3n) is 5.14. The zero-order valence-corrected chi connectivity index (χ0v) is 17.1. The zero-order valence-electron chi connectivity index (χ0n) is 16.4. The predicted molar refractivity (Wildman–Crippen MR) is 107 cm³/mol. The molecule has 1 aromatic carbocycles. The molecule has 150 valence electrons. The van der Waals surface area contributed by atoms with Gasteiger partial charge in [-0.1, -0.05) is 23.7 Å². The van der Waals surface area contributed by atoms with Crippen LogP contribution in [0.5, 0.6) is 0 Å². The van der Waals surface area contributed by atoms with Gasteiger partial charge >= 0.3 is 5.97 Å². The molecule has 1 atom stereocenters. The van der Waals surface area contributed by atoms with Gasteiger partial charge in [-0.2, -0.15) is 5.10 Å². The number of hydrogen-bond donors (Lipinski definition) is 0. The second kappa shape index (κ2) is 8.78. The van der Waals surface area contributed by atoms with Gasteiger partial charge in [0.05, 0.1) is 17.7 Å². The Kier molecular flexibility index (Phi) is 6.39. The third-order valence-corrected chi connectivity index (χ3v) is 5.38. The van der Waals surface area contributed by atoms with Crippen LogP contribution in [-0.2, 0) is 27.3 Å². The number of amides is 1. The normalized spacial score (nSPS) is 19.5. The molecule has 0 unspecified atom stereocenters. The second-order valence-electron chi connectivity index (χ2n) is 7.38. The lowest BCUT2D eigenvalue weighted by Crippen LogP contribution is -2.52. The van der Waals surface area contributed by atoms with Crippen molar-refractivity contribution in [2.24, 2.45) is 5.41 Å². The summed E-state index contributed by atoms with van der Waals surface area (Å²) in [6.07, 6.45) is 3.73. The number of esters is 1. The summed E-state index contributed by atoms with van der Waals surface area (Å²) in [4.78, 5) is 27.5. The molecule has 1 amide bonds. The molecular formula is C21H26ClN3O3. The van der Waals surface area contributed by atoms with E-state index in [1.807, 2.05) is 37.3 Å². The van der Waals surface area contributed by atoms with E-state index >= 15 is 0 Å². The highest BCUT2D eigenvalue weighted by molar-refractivity contribution is 6.30. The molecule has 0 bridgehead atoms. The van der Waals surface area contributed by atoms with Crippen LogP contribution in [0.1, 0.15) is 31.0 Å². The summed E-state index contributed by atoms with van der Waals surface area (Å²) in [6.45, 7) is 5.16. The summed E-state index contributed by atoms with van der Waals surface area (Å²) in [5.41, 5.74) is 1.08. The summed E-state index contributed by atoms with van der Waals surface area (Å²) in [5.74, 6) is -0.287. The lowest BCUT2D eigenvalue weighted by atomic mass is 9.75. The molecule has 2 heterocycles. The second-order valence-corrected chi connectivity index (χ2v) is 7.82. The Hall–Kier alpha value is -2.34. The number of ether oxygens (including phenoxy) is 1. The average molecular weight is 404 g/mol. The Balaban J connectivity index is 1.80. The molecule has 0 aliphatic carbocycles. The van der Waals surface area contributed by atoms with Gasteiger partial charge in [0.1, 0.15) is 6.54 Å². The minimum atomic E-state index is -0.755. The van der Waals surface area contributed by atoms with Gasteiger partial charge in [-0.05, 0) is 56.9 Å². The van der Waals surface area contributed by atoms with Gasteiger partial charge in [0.15, 0.2) is 0 Å². The van der Waals surface area contributed by atoms with Crippen LogP contribution in [0.15, 0.2) is 36.5 Å². The highest BCUT2D eigenvalue weighted by Crippen LogP contribution is 2.36. The fourth-order valence-electron chi connectivity index (χ4n) is 3.84. The minimum absolute atomic E-state index is 0.0393. The molecule has 1 aliphatic rings. The van der Waals surface area contributed by atoms with Gasteiger partial charge < -0.3 is 9.64 Å². The molecule has 7 heteroatoms. The number of rotatable bonds is 6. The minimum Gasteiger partial charge on any atom is -0.466 e. The Bertz CT molecular complexity index is 851. The average Bonchev–Trinajstić information content (AvgIpc) is 3.07. The smallest absolute Gasteiger partial charge is 0.314 e. The standard InChI is InChI=1S/C21H26ClN3O3/c1-3-28-20(27)21(13-17-6-4-7-18(22)12-17)9-5-10-24(15-21)19(26)14-25-11-8-16(2)23-25/h4,6-8,11-12H,3,5,9-10,13-15H2,1-2H3/t21-/m1/s1. The maximum Gasteiger partial charge on any atom is 0.314 e. The van der Waals surface area contributed by atoms with Crippen LogP contribution in [0.2, 0.25) is 5.02 Å². The molecule has 2 aromatic rings. The van der Waals surface area contributed by atoms with Crippen molar-refractivity contribution in [2.75, 3.05) is 19.7 Å². The Labute approximate surface area is 170 Å². The third kappa shape index (κ3) is 4.73. The Morgan fingerprint density at radius 3 is 2.82 bits per heavy atom. The Morgan fingerprint density at radius 1 is 1.32 bits per heavy atom. The number of carbonyl (C=O) groups is 2. The van der Waals surface area contributed by atoms with E-state index in [0.29, 0.717) is 37.6 Å². The van der Waals surface area contributed by atoms with E-state index in [2.05, 4.69) is 5.10 Å². The number of hydrogen-bond acceptors (Lipinski definition) is 4. The van der Waals surface area contributed by atoms with Crippen LogP contribution in [0.25, 0.3) is 0 Å². The molecular weight excluding hydrogens is 378 g/mol. The first kappa shape index (κ1) is 20.4. The summed E-state index contributed by atoms with van der Waals surface area (Å²) in [6, 6.07) is 9.38. The SMILES string of the molecule is CCOC(=O)[C@@]1(Cc2cccc(Cl)c2)CCCN(C(=O)Cn2ccc(C)n2)C1. The largest absolute Gasteiger partial charge is 0.466 e. The van der Waals surface area contributed by atoms with Crippen LogP contribution in [-0.4, -0.2) is 46.3 Å². The number of halogens is 1. The molecule has 0 spiro atoms. The first-order chi connectivity index (χ1) is 13.4. The monoisotopic (exact) mass is 403 g/mol. The van der Waals surface area contributed by atoms with Crippen molar-refractivity contribution in [2.45, 2.75) is 39.7 Å². The number of carbonyl (C=O) groups excluding carboxylic acids is 2. The maximum atomic E-state index is 12.9. The van der Waals surface area contributed by atoms with Crippen molar-refractivity contribution >= 4 is 23.5 Å². The van der Waals surface area contributed by atoms with Gasteiger partial charge in [-0.15, -0.1) is 0 Å². The van der Waals surface area contributed by atoms with E-state index in [-0.39, 0.29) is 18.4 Å². The van der Waals surface area contributed by atoms with Crippen molar-refractivity contribution in [3.63, 3.8) is 0 Å². The number of nitrogens with zero attached hydrogens (tertiary/aromatic N) is 3. The number of likely N-dealkylation sites (tertiary alicyclic amines) is 1. The van der Waals surface area contributed by atoms with Crippen LogP contribution < -0.4 is 0 Å². The van der Waals surface area contributed by atoms with E-state index in [9.17, 15) is 9.59 Å². The maximum absolute atomic E-state index is 12.9. The first-order valence-electron chi connectivity index (χ1n) is 9.61. The number of piperidine rings is 1. The molecule has 0 N–H and O–H groups in total. The van der Waals surface area contributed by atoms with Crippen molar-refractivity contribution < 1.29 is 14.3 Å². The summed E-state index contributed by atoms with van der Waals surface area (Å²) in [5, 5.41) is 4.92. The highest BCUT2D eigenvalue weighted by atomic mass is 35.5. The Morgan fingerprint density at radius 2 is 2.14 bits per heavy atom. The van der Waals surface area contributed by atoms with Gasteiger partial charge in [0.25, 0.3) is 0 Å². The quantitative estimate of drug-likeness (QED) is 0.694. The number of aromatic nitrogens is 2. The van der Waals surface area contributed by atoms with Gasteiger partial charge in [0, 0.05) is 24.3 Å². The van der Waals surface area contributed by atoms with Crippen molar-refractivity contribution in [1.29, 1.82) is 0 Å². The molecule has 1 aromatic heterocycles. The van der Waals surface area contributed by atoms with E-state index in [0.717, 1.165) is 17.7 Å². The number of aryl methyl sites for hydroxylation is 1. The van der Waals surface area contributed by atoms with Gasteiger partial charge in [-0.25, -0.2) is 0 Å². The highest BCUT2D eigenvalue weighted by Gasteiger charge is 2.44. The molecule has 3 rings (SSSR count). The molecule has 0 radical (unpaired) electrons. The van der Waals surface area contributed by atoms with E-state index < -0.39 is 5.41 Å². The first-order valence-corrected chi connectivity index (χ1v) is 9.99. The van der Waals surface area contributed by atoms with Crippen molar-refractivity contribution in [3.05, 3.63) is 52.8 Å². The summed E-state index contributed by atoms with van der Waals surface area (Å²) in [7, 11) is 0. The molecule has 0 saturated carbocycles. The fourth-order valence-corrected chi connectivity index (χ4v) is 4.05. The zero-order chi connectivity index (χ0) is 20.1. The summed E-state index contributed by atoms with van der Waals surface area (Å²) < 4.78 is 7.04. The lowest BCUT2D eigenvalue weighted by Gasteiger charge is -2.41. The van der Waals surface area contributed by atoms with E-state index in [4.69, 9.17) is 16.3 Å². The van der Waals surface area contributed by atoms with Crippen molar-refractivity contribution in [3.8, 4) is 0 Å². The molecule has 1 saturated heterocycles. The molecule has 1 fully saturated rings. The topological polar surface area (TPSA) is 64.4 Å². The van der Waals surface area contributed by atoms with Crippen LogP contribution in [0.4, 0.5) is 0 Å². The van der Waals surface area contributed by atoms with Gasteiger partial charge in [0.2, 0.25) is 5.91 Å². The van der Waals surface area contributed by atoms with Crippen molar-refractivity contribution in [1.82, 2.24) is 14.7 Å². The molecule has 6 nitrogen and oxygen atoms in total. The van der Waals surface area contributed by atoms with Crippen LogP contribution in [0, 0.1) is 12.3 Å². The summed E-state index contributed by atoms with van der Waals surface area (Å²) >= 11 is 6.13. The van der Waals surface area contributed by atoms with Gasteiger partial charge in [-0.3, -0.25) is 14.3 Å². The van der Waals surface area contributed by atoms with E-state index in [1.54, 1.807) is 22.7 Å². The van der Waals surface area contributed by atoms with E-state index in [1.165, 1.54) is 0 Å². The predicted octanol–water partition coefficient (Wildman–Crippen LogP) is 3.26. The molecule has 28 heavy (non-hydrogen) atoms. The van der Waals surface area contributed by atoms with Crippen LogP contribution >= 0.6 is 11.6 Å². The number of benzene rings is 1.